The van der Waals surface area contributed by atoms with E-state index < -0.39 is 21.3 Å². The number of anilines is 1. The van der Waals surface area contributed by atoms with Gasteiger partial charge in [-0.15, -0.1) is 0 Å². The molecule has 1 saturated heterocycles. The maximum Gasteiger partial charge on any atom is 0.274 e. The lowest BCUT2D eigenvalue weighted by Gasteiger charge is -2.23. The van der Waals surface area contributed by atoms with E-state index in [0.29, 0.717) is 24.2 Å². The van der Waals surface area contributed by atoms with Crippen molar-refractivity contribution < 1.29 is 13.2 Å². The van der Waals surface area contributed by atoms with Crippen LogP contribution in [0.5, 0.6) is 0 Å². The van der Waals surface area contributed by atoms with Crippen LogP contribution in [0, 0.1) is 0 Å². The summed E-state index contributed by atoms with van der Waals surface area (Å²) >= 11 is 0. The molecule has 1 unspecified atom stereocenters. The molecule has 19 heavy (non-hydrogen) atoms. The minimum absolute atomic E-state index is 0.0449. The van der Waals surface area contributed by atoms with Crippen LogP contribution in [0.15, 0.2) is 0 Å². The predicted octanol–water partition coefficient (Wildman–Crippen LogP) is -0.139. The summed E-state index contributed by atoms with van der Waals surface area (Å²) < 4.78 is 23.0. The Bertz CT molecular complexity index is 607. The molecule has 106 valence electrons. The normalized spacial score (nSPS) is 25.4. The summed E-state index contributed by atoms with van der Waals surface area (Å²) in [5, 5.41) is 9.31. The average Bonchev–Trinajstić information content (AvgIpc) is 2.79. The van der Waals surface area contributed by atoms with Crippen molar-refractivity contribution in [1.82, 2.24) is 15.5 Å². The highest BCUT2D eigenvalue weighted by Gasteiger charge is 2.40. The van der Waals surface area contributed by atoms with Crippen LogP contribution in [0.3, 0.4) is 0 Å². The number of carbonyl (C=O) groups is 1. The maximum atomic E-state index is 12.1. The summed E-state index contributed by atoms with van der Waals surface area (Å²) in [6.07, 6.45) is 1.06. The van der Waals surface area contributed by atoms with Crippen LogP contribution < -0.4 is 11.1 Å². The smallest absolute Gasteiger partial charge is 0.274 e. The number of H-pyrrole nitrogens is 1. The third-order valence-electron chi connectivity index (χ3n) is 3.37. The quantitative estimate of drug-likeness (QED) is 0.715. The molecule has 1 aliphatic heterocycles. The van der Waals surface area contributed by atoms with Crippen molar-refractivity contribution in [2.24, 2.45) is 0 Å². The highest BCUT2D eigenvalue weighted by molar-refractivity contribution is 7.91. The Labute approximate surface area is 111 Å². The number of aromatic nitrogens is 2. The molecule has 1 amide bonds. The zero-order valence-corrected chi connectivity index (χ0v) is 11.8. The van der Waals surface area contributed by atoms with Crippen molar-refractivity contribution in [2.45, 2.75) is 32.2 Å². The van der Waals surface area contributed by atoms with E-state index >= 15 is 0 Å². The number of nitrogens with two attached hydrogens (primary N) is 1. The molecule has 7 nitrogen and oxygen atoms in total. The van der Waals surface area contributed by atoms with Gasteiger partial charge in [-0.05, 0) is 19.8 Å². The van der Waals surface area contributed by atoms with Crippen molar-refractivity contribution >= 4 is 21.4 Å². The van der Waals surface area contributed by atoms with Crippen LogP contribution in [-0.2, 0) is 16.3 Å². The number of carbonyl (C=O) groups excluding carboxylic acids is 1. The largest absolute Gasteiger partial charge is 0.395 e. The fourth-order valence-electron chi connectivity index (χ4n) is 2.27. The molecule has 0 bridgehead atoms. The molecule has 0 aromatic carbocycles. The molecule has 0 spiro atoms. The van der Waals surface area contributed by atoms with Crippen molar-refractivity contribution in [3.8, 4) is 0 Å². The Morgan fingerprint density at radius 3 is 2.74 bits per heavy atom. The van der Waals surface area contributed by atoms with E-state index in [2.05, 4.69) is 15.5 Å². The number of hydrogen-bond donors (Lipinski definition) is 3. The Hall–Kier alpha value is -1.57. The number of rotatable bonds is 3. The molecular weight excluding hydrogens is 268 g/mol. The van der Waals surface area contributed by atoms with Crippen LogP contribution in [0.2, 0.25) is 0 Å². The second kappa shape index (κ2) is 4.52. The van der Waals surface area contributed by atoms with Gasteiger partial charge in [0.15, 0.2) is 15.5 Å². The Morgan fingerprint density at radius 1 is 1.58 bits per heavy atom. The summed E-state index contributed by atoms with van der Waals surface area (Å²) in [5.74, 6) is -0.385. The number of amides is 1. The minimum Gasteiger partial charge on any atom is -0.395 e. The fraction of sp³-hybridized carbons (Fsp3) is 0.636. The van der Waals surface area contributed by atoms with E-state index in [1.165, 1.54) is 0 Å². The van der Waals surface area contributed by atoms with Gasteiger partial charge in [0.1, 0.15) is 0 Å². The second-order valence-electron chi connectivity index (χ2n) is 5.17. The van der Waals surface area contributed by atoms with Gasteiger partial charge in [-0.3, -0.25) is 9.89 Å². The first-order chi connectivity index (χ1) is 8.76. The summed E-state index contributed by atoms with van der Waals surface area (Å²) in [5.41, 5.74) is 6.22. The summed E-state index contributed by atoms with van der Waals surface area (Å²) in [7, 11) is -3.07. The van der Waals surface area contributed by atoms with E-state index in [-0.39, 0.29) is 17.2 Å². The molecule has 2 rings (SSSR count). The number of nitrogens with one attached hydrogen (secondary N) is 2. The van der Waals surface area contributed by atoms with Gasteiger partial charge in [-0.2, -0.15) is 5.10 Å². The Kier molecular flexibility index (Phi) is 3.29. The molecule has 4 N–H and O–H groups in total. The molecule has 2 heterocycles. The minimum atomic E-state index is -3.07. The first-order valence-electron chi connectivity index (χ1n) is 6.12. The summed E-state index contributed by atoms with van der Waals surface area (Å²) in [6, 6.07) is 0. The van der Waals surface area contributed by atoms with Gasteiger partial charge in [0.05, 0.1) is 28.4 Å². The highest BCUT2D eigenvalue weighted by Crippen LogP contribution is 2.24. The molecule has 1 aliphatic rings. The zero-order valence-electron chi connectivity index (χ0n) is 11.0. The number of aryl methyl sites for hydroxylation is 1. The van der Waals surface area contributed by atoms with Crippen LogP contribution in [0.25, 0.3) is 0 Å². The maximum absolute atomic E-state index is 12.1. The van der Waals surface area contributed by atoms with Gasteiger partial charge < -0.3 is 11.1 Å². The van der Waals surface area contributed by atoms with Gasteiger partial charge in [-0.1, -0.05) is 6.92 Å². The van der Waals surface area contributed by atoms with Crippen LogP contribution >= 0.6 is 0 Å². The Morgan fingerprint density at radius 2 is 2.26 bits per heavy atom. The van der Waals surface area contributed by atoms with Crippen LogP contribution in [0.1, 0.15) is 36.5 Å². The van der Waals surface area contributed by atoms with Gasteiger partial charge in [0.25, 0.3) is 5.91 Å². The molecule has 1 aromatic heterocycles. The fourth-order valence-corrected chi connectivity index (χ4v) is 4.36. The SMILES string of the molecule is CCc1[nH]nc(C(=O)NC2(C)CCS(=O)(=O)C2)c1N. The number of nitrogen functional groups attached to an aromatic ring is 1. The molecule has 8 heteroatoms. The van der Waals surface area contributed by atoms with Crippen molar-refractivity contribution in [3.05, 3.63) is 11.4 Å². The molecule has 0 saturated carbocycles. The first kappa shape index (κ1) is 13.9. The lowest BCUT2D eigenvalue weighted by Crippen LogP contribution is -2.47. The molecule has 0 radical (unpaired) electrons. The van der Waals surface area contributed by atoms with Gasteiger partial charge >= 0.3 is 0 Å². The lowest BCUT2D eigenvalue weighted by molar-refractivity contribution is 0.0911. The number of hydrogen-bond acceptors (Lipinski definition) is 5. The Balaban J connectivity index is 2.16. The highest BCUT2D eigenvalue weighted by atomic mass is 32.2. The summed E-state index contributed by atoms with van der Waals surface area (Å²) in [4.78, 5) is 12.1. The van der Waals surface area contributed by atoms with Crippen LogP contribution in [-0.4, -0.2) is 41.6 Å². The van der Waals surface area contributed by atoms with Crippen LogP contribution in [0.4, 0.5) is 5.69 Å². The average molecular weight is 286 g/mol. The number of aromatic amines is 1. The van der Waals surface area contributed by atoms with Crippen molar-refractivity contribution in [2.75, 3.05) is 17.2 Å². The number of sulfone groups is 1. The van der Waals surface area contributed by atoms with Gasteiger partial charge in [0, 0.05) is 0 Å². The van der Waals surface area contributed by atoms with Crippen molar-refractivity contribution in [1.29, 1.82) is 0 Å². The van der Waals surface area contributed by atoms with Crippen molar-refractivity contribution in [3.63, 3.8) is 0 Å². The molecular formula is C11H18N4O3S. The predicted molar refractivity (Wildman–Crippen MR) is 71.5 cm³/mol. The second-order valence-corrected chi connectivity index (χ2v) is 7.36. The third kappa shape index (κ3) is 2.73. The topological polar surface area (TPSA) is 118 Å². The number of nitrogens with zero attached hydrogens (tertiary/aromatic N) is 1. The lowest BCUT2D eigenvalue weighted by atomic mass is 10.0. The van der Waals surface area contributed by atoms with E-state index in [9.17, 15) is 13.2 Å². The van der Waals surface area contributed by atoms with Gasteiger partial charge in [-0.25, -0.2) is 8.42 Å². The molecule has 1 fully saturated rings. The summed E-state index contributed by atoms with van der Waals surface area (Å²) in [6.45, 7) is 3.62. The molecule has 1 atom stereocenters. The van der Waals surface area contributed by atoms with E-state index in [1.54, 1.807) is 6.92 Å². The van der Waals surface area contributed by atoms with E-state index in [1.807, 2.05) is 6.92 Å². The monoisotopic (exact) mass is 286 g/mol. The third-order valence-corrected chi connectivity index (χ3v) is 5.27. The van der Waals surface area contributed by atoms with E-state index in [0.717, 1.165) is 0 Å². The standard InChI is InChI=1S/C11H18N4O3S/c1-3-7-8(12)9(15-14-7)10(16)13-11(2)4-5-19(17,18)6-11/h3-6,12H2,1-2H3,(H,13,16)(H,14,15). The first-order valence-corrected chi connectivity index (χ1v) is 7.94. The molecule has 1 aromatic rings. The molecule has 0 aliphatic carbocycles. The van der Waals surface area contributed by atoms with Gasteiger partial charge in [0.2, 0.25) is 0 Å². The zero-order chi connectivity index (χ0) is 14.3. The van der Waals surface area contributed by atoms with E-state index in [4.69, 9.17) is 5.73 Å².